The Morgan fingerprint density at radius 1 is 1.20 bits per heavy atom. The fourth-order valence-corrected chi connectivity index (χ4v) is 4.08. The topological polar surface area (TPSA) is 68.5 Å². The zero-order valence-corrected chi connectivity index (χ0v) is 14.9. The molecule has 0 radical (unpaired) electrons. The molecule has 0 spiro atoms. The van der Waals surface area contributed by atoms with E-state index in [2.05, 4.69) is 0 Å². The molecule has 3 aromatic rings. The Bertz CT molecular complexity index is 947. The molecule has 0 aliphatic carbocycles. The molecule has 3 rings (SSSR count). The van der Waals surface area contributed by atoms with E-state index < -0.39 is 16.8 Å². The summed E-state index contributed by atoms with van der Waals surface area (Å²) in [6, 6.07) is 15.4. The van der Waals surface area contributed by atoms with Crippen LogP contribution in [0.25, 0.3) is 10.9 Å². The molecule has 0 bridgehead atoms. The lowest BCUT2D eigenvalue weighted by Gasteiger charge is -2.10. The number of carboxylic acids is 1. The molecule has 0 fully saturated rings. The molecular formula is C19H19NO4S. The quantitative estimate of drug-likeness (QED) is 0.736. The average molecular weight is 357 g/mol. The number of rotatable bonds is 6. The fraction of sp³-hybridized carbons (Fsp3) is 0.211. The number of nitrogens with zero attached hydrogens (tertiary/aromatic N) is 1. The van der Waals surface area contributed by atoms with Crippen molar-refractivity contribution in [2.75, 3.05) is 13.4 Å². The van der Waals surface area contributed by atoms with Crippen LogP contribution in [0.5, 0.6) is 5.75 Å². The Morgan fingerprint density at radius 2 is 1.92 bits per heavy atom. The van der Waals surface area contributed by atoms with Crippen LogP contribution < -0.4 is 4.74 Å². The predicted molar refractivity (Wildman–Crippen MR) is 97.7 cm³/mol. The summed E-state index contributed by atoms with van der Waals surface area (Å²) in [6.07, 6.45) is 1.40. The molecule has 25 heavy (non-hydrogen) atoms. The largest absolute Gasteiger partial charge is 0.497 e. The molecule has 1 N–H and O–H groups in total. The normalized spacial score (nSPS) is 12.2. The van der Waals surface area contributed by atoms with E-state index in [4.69, 9.17) is 4.74 Å². The first-order valence-corrected chi connectivity index (χ1v) is 9.35. The van der Waals surface area contributed by atoms with Crippen LogP contribution in [-0.4, -0.2) is 33.2 Å². The first-order chi connectivity index (χ1) is 12.0. The summed E-state index contributed by atoms with van der Waals surface area (Å²) in [5.74, 6) is -0.308. The molecule has 130 valence electrons. The van der Waals surface area contributed by atoms with Crippen LogP contribution in [-0.2, 0) is 28.6 Å². The predicted octanol–water partition coefficient (Wildman–Crippen LogP) is 3.06. The second kappa shape index (κ2) is 7.11. The van der Waals surface area contributed by atoms with E-state index in [-0.39, 0.29) is 6.42 Å². The lowest BCUT2D eigenvalue weighted by atomic mass is 10.1. The summed E-state index contributed by atoms with van der Waals surface area (Å²) in [4.78, 5) is 11.4. The SMILES string of the molecule is COc1ccc2c(c1)c(CC(=O)O)c(S(C)=O)n2Cc1ccccc1. The van der Waals surface area contributed by atoms with Gasteiger partial charge in [0.05, 0.1) is 24.3 Å². The molecule has 5 nitrogen and oxygen atoms in total. The van der Waals surface area contributed by atoms with Gasteiger partial charge in [-0.2, -0.15) is 0 Å². The van der Waals surface area contributed by atoms with Gasteiger partial charge in [0.2, 0.25) is 0 Å². The first kappa shape index (κ1) is 17.2. The van der Waals surface area contributed by atoms with Crippen LogP contribution in [0, 0.1) is 0 Å². The maximum Gasteiger partial charge on any atom is 0.307 e. The summed E-state index contributed by atoms with van der Waals surface area (Å²) in [5, 5.41) is 10.6. The van der Waals surface area contributed by atoms with Crippen molar-refractivity contribution in [2.24, 2.45) is 0 Å². The summed E-state index contributed by atoms with van der Waals surface area (Å²) in [6.45, 7) is 0.526. The van der Waals surface area contributed by atoms with Gasteiger partial charge >= 0.3 is 5.97 Å². The Morgan fingerprint density at radius 3 is 2.52 bits per heavy atom. The second-order valence-electron chi connectivity index (χ2n) is 5.76. The number of benzene rings is 2. The van der Waals surface area contributed by atoms with Crippen molar-refractivity contribution >= 4 is 27.7 Å². The fourth-order valence-electron chi connectivity index (χ4n) is 3.08. The molecule has 1 unspecified atom stereocenters. The van der Waals surface area contributed by atoms with E-state index in [9.17, 15) is 14.1 Å². The van der Waals surface area contributed by atoms with Crippen LogP contribution >= 0.6 is 0 Å². The Kier molecular flexibility index (Phi) is 4.90. The molecule has 0 amide bonds. The molecule has 6 heteroatoms. The number of hydrogen-bond acceptors (Lipinski definition) is 3. The van der Waals surface area contributed by atoms with Gasteiger partial charge in [-0.15, -0.1) is 0 Å². The Balaban J connectivity index is 2.27. The third kappa shape index (κ3) is 3.44. The number of fused-ring (bicyclic) bond motifs is 1. The zero-order chi connectivity index (χ0) is 18.0. The summed E-state index contributed by atoms with van der Waals surface area (Å²) in [5.41, 5.74) is 2.49. The molecule has 1 heterocycles. The smallest absolute Gasteiger partial charge is 0.307 e. The van der Waals surface area contributed by atoms with Crippen LogP contribution in [0.15, 0.2) is 53.6 Å². The molecule has 1 aromatic heterocycles. The monoisotopic (exact) mass is 357 g/mol. The first-order valence-electron chi connectivity index (χ1n) is 7.79. The van der Waals surface area contributed by atoms with E-state index in [1.807, 2.05) is 53.1 Å². The molecular weight excluding hydrogens is 338 g/mol. The van der Waals surface area contributed by atoms with Crippen molar-refractivity contribution in [2.45, 2.75) is 18.0 Å². The summed E-state index contributed by atoms with van der Waals surface area (Å²) < 4.78 is 19.7. The zero-order valence-electron chi connectivity index (χ0n) is 14.1. The molecule has 0 saturated carbocycles. The third-order valence-corrected chi connectivity index (χ3v) is 5.12. The number of ether oxygens (including phenoxy) is 1. The van der Waals surface area contributed by atoms with Gasteiger partial charge in [-0.3, -0.25) is 9.00 Å². The number of methoxy groups -OCH3 is 1. The van der Waals surface area contributed by atoms with Crippen LogP contribution in [0.1, 0.15) is 11.1 Å². The van der Waals surface area contributed by atoms with Gasteiger partial charge < -0.3 is 14.4 Å². The minimum atomic E-state index is -1.32. The highest BCUT2D eigenvalue weighted by Gasteiger charge is 2.22. The van der Waals surface area contributed by atoms with Crippen molar-refractivity contribution in [1.82, 2.24) is 4.57 Å². The second-order valence-corrected chi connectivity index (χ2v) is 7.06. The van der Waals surface area contributed by atoms with Gasteiger partial charge in [0, 0.05) is 29.3 Å². The highest BCUT2D eigenvalue weighted by Crippen LogP contribution is 2.32. The Labute approximate surface area is 148 Å². The lowest BCUT2D eigenvalue weighted by Crippen LogP contribution is -2.09. The van der Waals surface area contributed by atoms with E-state index in [1.54, 1.807) is 13.4 Å². The maximum absolute atomic E-state index is 12.4. The average Bonchev–Trinajstić information content (AvgIpc) is 2.88. The summed E-state index contributed by atoms with van der Waals surface area (Å²) >= 11 is 0. The molecule has 0 saturated heterocycles. The van der Waals surface area contributed by atoms with Crippen molar-refractivity contribution in [3.05, 3.63) is 59.7 Å². The van der Waals surface area contributed by atoms with Gasteiger partial charge in [0.15, 0.2) is 0 Å². The van der Waals surface area contributed by atoms with Crippen molar-refractivity contribution in [1.29, 1.82) is 0 Å². The van der Waals surface area contributed by atoms with Crippen molar-refractivity contribution in [3.8, 4) is 5.75 Å². The lowest BCUT2D eigenvalue weighted by molar-refractivity contribution is -0.136. The number of aromatic nitrogens is 1. The highest BCUT2D eigenvalue weighted by atomic mass is 32.2. The molecule has 0 aliphatic heterocycles. The van der Waals surface area contributed by atoms with Gasteiger partial charge in [-0.1, -0.05) is 30.3 Å². The van der Waals surface area contributed by atoms with Crippen LogP contribution in [0.4, 0.5) is 0 Å². The number of hydrogen-bond donors (Lipinski definition) is 1. The number of aliphatic carboxylic acids is 1. The molecule has 1 atom stereocenters. The number of carboxylic acid groups (broad SMARTS) is 1. The van der Waals surface area contributed by atoms with Crippen LogP contribution in [0.2, 0.25) is 0 Å². The number of carbonyl (C=O) groups is 1. The van der Waals surface area contributed by atoms with E-state index in [1.165, 1.54) is 0 Å². The minimum absolute atomic E-state index is 0.180. The molecule has 2 aromatic carbocycles. The van der Waals surface area contributed by atoms with Gasteiger partial charge in [-0.25, -0.2) is 0 Å². The van der Waals surface area contributed by atoms with Gasteiger partial charge in [0.25, 0.3) is 0 Å². The van der Waals surface area contributed by atoms with E-state index in [0.717, 1.165) is 16.5 Å². The maximum atomic E-state index is 12.4. The standard InChI is InChI=1S/C19H19NO4S/c1-24-14-8-9-17-15(10-14)16(11-18(21)22)19(25(2)23)20(17)12-13-6-4-3-5-7-13/h3-10H,11-12H2,1-2H3,(H,21,22). The molecule has 0 aliphatic rings. The van der Waals surface area contributed by atoms with Gasteiger partial charge in [-0.05, 0) is 23.8 Å². The third-order valence-electron chi connectivity index (χ3n) is 4.11. The minimum Gasteiger partial charge on any atom is -0.497 e. The van der Waals surface area contributed by atoms with Crippen molar-refractivity contribution in [3.63, 3.8) is 0 Å². The van der Waals surface area contributed by atoms with Gasteiger partial charge in [0.1, 0.15) is 10.8 Å². The highest BCUT2D eigenvalue weighted by molar-refractivity contribution is 7.84. The Hall–Kier alpha value is -2.60. The van der Waals surface area contributed by atoms with E-state index >= 15 is 0 Å². The summed E-state index contributed by atoms with van der Waals surface area (Å²) in [7, 11) is 0.243. The van der Waals surface area contributed by atoms with Crippen LogP contribution in [0.3, 0.4) is 0 Å². The van der Waals surface area contributed by atoms with Crippen molar-refractivity contribution < 1.29 is 18.8 Å². The van der Waals surface area contributed by atoms with E-state index in [0.29, 0.717) is 22.9 Å².